The molecule has 2 aromatic heterocycles. The molecule has 1 amide bonds. The van der Waals surface area contributed by atoms with Crippen molar-refractivity contribution in [3.63, 3.8) is 0 Å². The van der Waals surface area contributed by atoms with Crippen LogP contribution in [0.15, 0.2) is 66.9 Å². The summed E-state index contributed by atoms with van der Waals surface area (Å²) in [5.41, 5.74) is 2.41. The van der Waals surface area contributed by atoms with Gasteiger partial charge in [0.2, 0.25) is 5.88 Å². The van der Waals surface area contributed by atoms with E-state index in [1.807, 2.05) is 36.4 Å². The first-order chi connectivity index (χ1) is 15.5. The predicted molar refractivity (Wildman–Crippen MR) is 120 cm³/mol. The van der Waals surface area contributed by atoms with E-state index in [1.54, 1.807) is 49.2 Å². The van der Waals surface area contributed by atoms with Crippen molar-refractivity contribution in [1.82, 2.24) is 25.3 Å². The molecule has 0 radical (unpaired) electrons. The third-order valence-corrected chi connectivity index (χ3v) is 4.91. The van der Waals surface area contributed by atoms with E-state index in [0.29, 0.717) is 28.1 Å². The Bertz CT molecular complexity index is 1240. The Morgan fingerprint density at radius 3 is 2.66 bits per heavy atom. The van der Waals surface area contributed by atoms with Gasteiger partial charge in [-0.3, -0.25) is 4.79 Å². The number of carbonyl (C=O) groups is 1. The first-order valence-corrected chi connectivity index (χ1v) is 10.1. The van der Waals surface area contributed by atoms with Gasteiger partial charge in [-0.2, -0.15) is 0 Å². The smallest absolute Gasteiger partial charge is 0.274 e. The molecule has 0 spiro atoms. The molecule has 4 aromatic rings. The molecule has 4 rings (SSSR count). The Morgan fingerprint density at radius 2 is 1.91 bits per heavy atom. The molecule has 0 saturated heterocycles. The van der Waals surface area contributed by atoms with Crippen molar-refractivity contribution < 1.29 is 14.3 Å². The Labute approximate surface area is 189 Å². The zero-order chi connectivity index (χ0) is 22.5. The molecule has 0 saturated carbocycles. The molecule has 0 bridgehead atoms. The molecule has 0 aliphatic heterocycles. The zero-order valence-electron chi connectivity index (χ0n) is 17.4. The Balaban J connectivity index is 1.38. The van der Waals surface area contributed by atoms with Gasteiger partial charge in [-0.05, 0) is 42.8 Å². The number of nitrogens with one attached hydrogen (secondary N) is 1. The monoisotopic (exact) mass is 449 g/mol. The van der Waals surface area contributed by atoms with Gasteiger partial charge in [-0.15, -0.1) is 5.10 Å². The molecule has 2 aromatic carbocycles. The molecule has 0 atom stereocenters. The highest BCUT2D eigenvalue weighted by molar-refractivity contribution is 6.30. The van der Waals surface area contributed by atoms with Crippen molar-refractivity contribution in [2.75, 3.05) is 7.11 Å². The quantitative estimate of drug-likeness (QED) is 0.451. The number of pyridine rings is 1. The van der Waals surface area contributed by atoms with Crippen LogP contribution in [0.1, 0.15) is 21.7 Å². The van der Waals surface area contributed by atoms with Crippen molar-refractivity contribution in [1.29, 1.82) is 0 Å². The summed E-state index contributed by atoms with van der Waals surface area (Å²) in [5, 5.41) is 11.5. The minimum Gasteiger partial charge on any atom is -0.497 e. The fourth-order valence-corrected chi connectivity index (χ4v) is 3.20. The number of carbonyl (C=O) groups excluding carboxylic acids is 1. The molecular weight excluding hydrogens is 430 g/mol. The molecule has 8 nitrogen and oxygen atoms in total. The number of rotatable bonds is 7. The Hall–Kier alpha value is -3.91. The highest BCUT2D eigenvalue weighted by atomic mass is 35.5. The lowest BCUT2D eigenvalue weighted by atomic mass is 10.2. The number of halogens is 1. The molecule has 2 heterocycles. The van der Waals surface area contributed by atoms with E-state index in [-0.39, 0.29) is 18.1 Å². The van der Waals surface area contributed by atoms with Gasteiger partial charge in [0.05, 0.1) is 18.5 Å². The molecular formula is C23H20ClN5O3. The number of hydrogen-bond acceptors (Lipinski definition) is 6. The van der Waals surface area contributed by atoms with E-state index in [9.17, 15) is 4.79 Å². The third-order valence-electron chi connectivity index (χ3n) is 4.68. The van der Waals surface area contributed by atoms with Crippen LogP contribution >= 0.6 is 11.6 Å². The van der Waals surface area contributed by atoms with Gasteiger partial charge in [0.1, 0.15) is 11.5 Å². The molecule has 0 aliphatic carbocycles. The van der Waals surface area contributed by atoms with Crippen LogP contribution in [0.25, 0.3) is 5.69 Å². The van der Waals surface area contributed by atoms with Crippen LogP contribution in [-0.2, 0) is 6.54 Å². The van der Waals surface area contributed by atoms with Crippen molar-refractivity contribution >= 4 is 17.5 Å². The lowest BCUT2D eigenvalue weighted by Crippen LogP contribution is -2.24. The van der Waals surface area contributed by atoms with Crippen molar-refractivity contribution in [3.8, 4) is 23.1 Å². The van der Waals surface area contributed by atoms with Crippen molar-refractivity contribution in [2.24, 2.45) is 0 Å². The standard InChI is InChI=1S/C23H20ClN5O3/c1-15-22(27-28-29(15)18-6-3-5-17(24)11-18)23(30)26-14-16-9-10-21(25-13-16)32-20-8-4-7-19(12-20)31-2/h3-13H,14H2,1-2H3,(H,26,30). The van der Waals surface area contributed by atoms with E-state index in [1.165, 1.54) is 0 Å². The second-order valence-electron chi connectivity index (χ2n) is 6.88. The second-order valence-corrected chi connectivity index (χ2v) is 7.32. The molecule has 9 heteroatoms. The summed E-state index contributed by atoms with van der Waals surface area (Å²) in [4.78, 5) is 16.9. The van der Waals surface area contributed by atoms with Gasteiger partial charge in [0, 0.05) is 29.9 Å². The largest absolute Gasteiger partial charge is 0.497 e. The maximum atomic E-state index is 12.6. The summed E-state index contributed by atoms with van der Waals surface area (Å²) >= 11 is 6.04. The summed E-state index contributed by atoms with van der Waals surface area (Å²) < 4.78 is 12.5. The number of aromatic nitrogens is 4. The second kappa shape index (κ2) is 9.49. The Morgan fingerprint density at radius 1 is 1.09 bits per heavy atom. The minimum atomic E-state index is -0.326. The van der Waals surface area contributed by atoms with Gasteiger partial charge < -0.3 is 14.8 Å². The molecule has 162 valence electrons. The summed E-state index contributed by atoms with van der Waals surface area (Å²) in [6, 6.07) is 18.0. The van der Waals surface area contributed by atoms with Crippen molar-refractivity contribution in [2.45, 2.75) is 13.5 Å². The SMILES string of the molecule is COc1cccc(Oc2ccc(CNC(=O)c3nnn(-c4cccc(Cl)c4)c3C)cn2)c1. The van der Waals surface area contributed by atoms with Crippen LogP contribution < -0.4 is 14.8 Å². The lowest BCUT2D eigenvalue weighted by molar-refractivity contribution is 0.0945. The third kappa shape index (κ3) is 4.87. The number of hydrogen-bond donors (Lipinski definition) is 1. The van der Waals surface area contributed by atoms with Crippen LogP contribution in [0.5, 0.6) is 17.4 Å². The van der Waals surface area contributed by atoms with E-state index < -0.39 is 0 Å². The number of ether oxygens (including phenoxy) is 2. The van der Waals surface area contributed by atoms with Crippen LogP contribution in [0.2, 0.25) is 5.02 Å². The minimum absolute atomic E-state index is 0.246. The molecule has 32 heavy (non-hydrogen) atoms. The average molecular weight is 450 g/mol. The first kappa shape index (κ1) is 21.3. The van der Waals surface area contributed by atoms with Crippen LogP contribution in [0.4, 0.5) is 0 Å². The summed E-state index contributed by atoms with van der Waals surface area (Å²) in [5.74, 6) is 1.43. The Kier molecular flexibility index (Phi) is 6.32. The van der Waals surface area contributed by atoms with Crippen LogP contribution in [-0.4, -0.2) is 33.0 Å². The first-order valence-electron chi connectivity index (χ1n) is 9.77. The van der Waals surface area contributed by atoms with E-state index in [4.69, 9.17) is 21.1 Å². The number of amides is 1. The van der Waals surface area contributed by atoms with Crippen LogP contribution in [0.3, 0.4) is 0 Å². The van der Waals surface area contributed by atoms with E-state index >= 15 is 0 Å². The fourth-order valence-electron chi connectivity index (χ4n) is 3.02. The molecule has 0 fully saturated rings. The van der Waals surface area contributed by atoms with Gasteiger partial charge in [-0.25, -0.2) is 9.67 Å². The normalized spacial score (nSPS) is 10.6. The topological polar surface area (TPSA) is 91.2 Å². The maximum Gasteiger partial charge on any atom is 0.274 e. The summed E-state index contributed by atoms with van der Waals surface area (Å²) in [7, 11) is 1.60. The lowest BCUT2D eigenvalue weighted by Gasteiger charge is -2.08. The van der Waals surface area contributed by atoms with Gasteiger partial charge >= 0.3 is 0 Å². The fraction of sp³-hybridized carbons (Fsp3) is 0.130. The number of nitrogens with zero attached hydrogens (tertiary/aromatic N) is 4. The summed E-state index contributed by atoms with van der Waals surface area (Å²) in [6.07, 6.45) is 1.64. The molecule has 0 aliphatic rings. The highest BCUT2D eigenvalue weighted by Crippen LogP contribution is 2.24. The van der Waals surface area contributed by atoms with E-state index in [2.05, 4.69) is 20.6 Å². The molecule has 0 unspecified atom stereocenters. The predicted octanol–water partition coefficient (Wildman–Crippen LogP) is 4.36. The van der Waals surface area contributed by atoms with Crippen molar-refractivity contribution in [3.05, 3.63) is 88.8 Å². The average Bonchev–Trinajstić information content (AvgIpc) is 3.20. The number of methoxy groups -OCH3 is 1. The van der Waals surface area contributed by atoms with Gasteiger partial charge in [0.25, 0.3) is 5.91 Å². The number of benzene rings is 2. The molecule has 1 N–H and O–H groups in total. The highest BCUT2D eigenvalue weighted by Gasteiger charge is 2.17. The zero-order valence-corrected chi connectivity index (χ0v) is 18.2. The van der Waals surface area contributed by atoms with Gasteiger partial charge in [-0.1, -0.05) is 35.0 Å². The van der Waals surface area contributed by atoms with E-state index in [0.717, 1.165) is 11.3 Å². The maximum absolute atomic E-state index is 12.6. The van der Waals surface area contributed by atoms with Gasteiger partial charge in [0.15, 0.2) is 5.69 Å². The summed E-state index contributed by atoms with van der Waals surface area (Å²) in [6.45, 7) is 2.07. The van der Waals surface area contributed by atoms with Crippen LogP contribution in [0, 0.1) is 6.92 Å².